The molecular weight excluding hydrogens is 411 g/mol. The summed E-state index contributed by atoms with van der Waals surface area (Å²) >= 11 is 0. The monoisotopic (exact) mass is 434 g/mol. The van der Waals surface area contributed by atoms with Crippen LogP contribution in [-0.4, -0.2) is 44.9 Å². The molecule has 1 heterocycles. The molecule has 3 rings (SSSR count). The quantitative estimate of drug-likeness (QED) is 0.706. The molecule has 1 N–H and O–H groups in total. The minimum absolute atomic E-state index is 0.0616. The van der Waals surface area contributed by atoms with Crippen LogP contribution in [0.3, 0.4) is 0 Å². The van der Waals surface area contributed by atoms with Gasteiger partial charge >= 0.3 is 5.97 Å². The van der Waals surface area contributed by atoms with Crippen molar-refractivity contribution < 1.29 is 27.1 Å². The molecule has 0 aliphatic carbocycles. The Bertz CT molecular complexity index is 999. The Morgan fingerprint density at radius 1 is 1.07 bits per heavy atom. The first kappa shape index (κ1) is 21.8. The fourth-order valence-electron chi connectivity index (χ4n) is 3.27. The average molecular weight is 434 g/mol. The number of carbonyl (C=O) groups excluding carboxylic acids is 2. The number of esters is 1. The van der Waals surface area contributed by atoms with E-state index in [2.05, 4.69) is 4.72 Å². The van der Waals surface area contributed by atoms with Crippen LogP contribution in [0.2, 0.25) is 0 Å². The molecule has 0 atom stereocenters. The van der Waals surface area contributed by atoms with Gasteiger partial charge in [0.05, 0.1) is 17.4 Å². The lowest BCUT2D eigenvalue weighted by molar-refractivity contribution is -0.149. The van der Waals surface area contributed by atoms with E-state index in [0.29, 0.717) is 38.1 Å². The number of benzene rings is 2. The van der Waals surface area contributed by atoms with Gasteiger partial charge in [0.2, 0.25) is 0 Å². The highest BCUT2D eigenvalue weighted by Gasteiger charge is 2.28. The van der Waals surface area contributed by atoms with Gasteiger partial charge in [0.1, 0.15) is 5.82 Å². The van der Waals surface area contributed by atoms with Crippen LogP contribution in [-0.2, 0) is 19.6 Å². The maximum absolute atomic E-state index is 13.0. The zero-order valence-corrected chi connectivity index (χ0v) is 17.3. The van der Waals surface area contributed by atoms with Gasteiger partial charge in [0, 0.05) is 24.3 Å². The molecule has 0 saturated carbocycles. The van der Waals surface area contributed by atoms with Crippen LogP contribution in [0.5, 0.6) is 0 Å². The molecule has 160 valence electrons. The van der Waals surface area contributed by atoms with E-state index < -0.39 is 15.8 Å². The van der Waals surface area contributed by atoms with Gasteiger partial charge in [-0.2, -0.15) is 0 Å². The van der Waals surface area contributed by atoms with Crippen LogP contribution >= 0.6 is 0 Å². The normalized spacial score (nSPS) is 14.9. The van der Waals surface area contributed by atoms with Gasteiger partial charge in [-0.25, -0.2) is 12.8 Å². The van der Waals surface area contributed by atoms with Gasteiger partial charge in [-0.1, -0.05) is 0 Å². The van der Waals surface area contributed by atoms with Crippen LogP contribution in [0.15, 0.2) is 53.4 Å². The van der Waals surface area contributed by atoms with Crippen LogP contribution < -0.4 is 4.72 Å². The number of hydrogen-bond acceptors (Lipinski definition) is 5. The average Bonchev–Trinajstić information content (AvgIpc) is 2.74. The maximum atomic E-state index is 13.0. The summed E-state index contributed by atoms with van der Waals surface area (Å²) in [6.07, 6.45) is 1.11. The fraction of sp³-hybridized carbons (Fsp3) is 0.333. The number of carbonyl (C=O) groups is 2. The number of ether oxygens (including phenoxy) is 1. The molecule has 1 aliphatic rings. The van der Waals surface area contributed by atoms with E-state index in [1.807, 2.05) is 0 Å². The molecule has 2 aromatic carbocycles. The molecule has 30 heavy (non-hydrogen) atoms. The molecule has 0 spiro atoms. The predicted molar refractivity (Wildman–Crippen MR) is 109 cm³/mol. The highest BCUT2D eigenvalue weighted by Crippen LogP contribution is 2.22. The van der Waals surface area contributed by atoms with E-state index in [0.717, 1.165) is 12.1 Å². The Labute approximate surface area is 174 Å². The minimum Gasteiger partial charge on any atom is -0.466 e. The third-order valence-electron chi connectivity index (χ3n) is 4.91. The van der Waals surface area contributed by atoms with Crippen molar-refractivity contribution in [3.05, 3.63) is 59.9 Å². The first-order chi connectivity index (χ1) is 14.3. The van der Waals surface area contributed by atoms with E-state index in [9.17, 15) is 22.4 Å². The number of nitrogens with one attached hydrogen (secondary N) is 1. The molecule has 0 unspecified atom stereocenters. The van der Waals surface area contributed by atoms with Crippen molar-refractivity contribution in [3.63, 3.8) is 0 Å². The number of nitrogens with zero attached hydrogens (tertiary/aromatic N) is 1. The number of hydrogen-bond donors (Lipinski definition) is 1. The van der Waals surface area contributed by atoms with Gasteiger partial charge < -0.3 is 9.64 Å². The number of piperidine rings is 1. The van der Waals surface area contributed by atoms with Crippen molar-refractivity contribution in [2.45, 2.75) is 24.7 Å². The second-order valence-electron chi connectivity index (χ2n) is 6.96. The molecule has 1 amide bonds. The fourth-order valence-corrected chi connectivity index (χ4v) is 4.33. The molecule has 0 radical (unpaired) electrons. The van der Waals surface area contributed by atoms with Gasteiger partial charge in [-0.3, -0.25) is 14.3 Å². The summed E-state index contributed by atoms with van der Waals surface area (Å²) in [5.74, 6) is -1.10. The zero-order chi connectivity index (χ0) is 21.7. The third-order valence-corrected chi connectivity index (χ3v) is 6.31. The number of sulfonamides is 1. The summed E-state index contributed by atoms with van der Waals surface area (Å²) < 4.78 is 45.2. The highest BCUT2D eigenvalue weighted by atomic mass is 32.2. The molecule has 7 nitrogen and oxygen atoms in total. The predicted octanol–water partition coefficient (Wildman–Crippen LogP) is 3.04. The van der Waals surface area contributed by atoms with E-state index in [-0.39, 0.29) is 28.4 Å². The number of anilines is 1. The smallest absolute Gasteiger partial charge is 0.309 e. The zero-order valence-electron chi connectivity index (χ0n) is 16.5. The Morgan fingerprint density at radius 2 is 1.67 bits per heavy atom. The largest absolute Gasteiger partial charge is 0.466 e. The van der Waals surface area contributed by atoms with E-state index in [1.165, 1.54) is 24.3 Å². The van der Waals surface area contributed by atoms with Crippen molar-refractivity contribution in [1.82, 2.24) is 4.90 Å². The van der Waals surface area contributed by atoms with Gasteiger partial charge in [-0.15, -0.1) is 0 Å². The Morgan fingerprint density at radius 3 is 2.23 bits per heavy atom. The van der Waals surface area contributed by atoms with Crippen LogP contribution in [0.1, 0.15) is 30.1 Å². The Kier molecular flexibility index (Phi) is 6.71. The summed E-state index contributed by atoms with van der Waals surface area (Å²) in [6.45, 7) is 3.03. The lowest BCUT2D eigenvalue weighted by Crippen LogP contribution is -2.40. The van der Waals surface area contributed by atoms with E-state index >= 15 is 0 Å². The molecule has 2 aromatic rings. The Hall–Kier alpha value is -2.94. The van der Waals surface area contributed by atoms with Crippen molar-refractivity contribution >= 4 is 27.6 Å². The SMILES string of the molecule is CCOC(=O)C1CCN(C(=O)c2ccc(NS(=O)(=O)c3ccc(F)cc3)cc2)CC1. The van der Waals surface area contributed by atoms with Crippen molar-refractivity contribution in [2.75, 3.05) is 24.4 Å². The maximum Gasteiger partial charge on any atom is 0.309 e. The van der Waals surface area contributed by atoms with Crippen LogP contribution in [0.4, 0.5) is 10.1 Å². The van der Waals surface area contributed by atoms with Crippen LogP contribution in [0, 0.1) is 11.7 Å². The summed E-state index contributed by atoms with van der Waals surface area (Å²) in [7, 11) is -3.86. The van der Waals surface area contributed by atoms with Crippen molar-refractivity contribution in [3.8, 4) is 0 Å². The lowest BCUT2D eigenvalue weighted by Gasteiger charge is -2.31. The molecule has 9 heteroatoms. The summed E-state index contributed by atoms with van der Waals surface area (Å²) in [4.78, 5) is 26.1. The molecule has 0 bridgehead atoms. The van der Waals surface area contributed by atoms with Crippen molar-refractivity contribution in [1.29, 1.82) is 0 Å². The van der Waals surface area contributed by atoms with E-state index in [1.54, 1.807) is 24.0 Å². The molecule has 0 aromatic heterocycles. The van der Waals surface area contributed by atoms with Gasteiger partial charge in [0.15, 0.2) is 0 Å². The Balaban J connectivity index is 1.61. The summed E-state index contributed by atoms with van der Waals surface area (Å²) in [5, 5.41) is 0. The molecular formula is C21H23FN2O5S. The standard InChI is InChI=1S/C21H23FN2O5S/c1-2-29-21(26)16-11-13-24(14-12-16)20(25)15-3-7-18(8-4-15)23-30(27,28)19-9-5-17(22)6-10-19/h3-10,16,23H,2,11-14H2,1H3. The minimum atomic E-state index is -3.86. The summed E-state index contributed by atoms with van der Waals surface area (Å²) in [6, 6.07) is 10.6. The number of amides is 1. The summed E-state index contributed by atoms with van der Waals surface area (Å²) in [5.41, 5.74) is 0.714. The van der Waals surface area contributed by atoms with Crippen LogP contribution in [0.25, 0.3) is 0 Å². The first-order valence-electron chi connectivity index (χ1n) is 9.64. The topological polar surface area (TPSA) is 92.8 Å². The number of likely N-dealkylation sites (tertiary alicyclic amines) is 1. The second-order valence-corrected chi connectivity index (χ2v) is 8.64. The second kappa shape index (κ2) is 9.25. The molecule has 1 fully saturated rings. The highest BCUT2D eigenvalue weighted by molar-refractivity contribution is 7.92. The van der Waals surface area contributed by atoms with Gasteiger partial charge in [0.25, 0.3) is 15.9 Å². The van der Waals surface area contributed by atoms with E-state index in [4.69, 9.17) is 4.74 Å². The first-order valence-corrected chi connectivity index (χ1v) is 11.1. The molecule has 1 aliphatic heterocycles. The lowest BCUT2D eigenvalue weighted by atomic mass is 9.96. The van der Waals surface area contributed by atoms with Crippen molar-refractivity contribution in [2.24, 2.45) is 5.92 Å². The van der Waals surface area contributed by atoms with Gasteiger partial charge in [-0.05, 0) is 68.3 Å². The number of rotatable bonds is 6. The third kappa shape index (κ3) is 5.15. The number of halogens is 1. The molecule has 1 saturated heterocycles.